The molecule has 4 fully saturated rings. The molecule has 0 spiro atoms. The molecule has 0 saturated carbocycles. The quantitative estimate of drug-likeness (QED) is 0.326. The number of likely N-dealkylation sites (tertiary alicyclic amines) is 4. The SMILES string of the molecule is CN1CC2CC1CN2C1CCN(C(=O)[C@H](CC(=O)N2CCC(n3nc(-c4ccccc4)[nH]c3=O)CC2)Cc2cc(Br)c(N)c(C(F)(F)F)c2)CC1. The Morgan fingerprint density at radius 2 is 1.63 bits per heavy atom. The van der Waals surface area contributed by atoms with Gasteiger partial charge in [-0.25, -0.2) is 9.48 Å². The fourth-order valence-corrected chi connectivity index (χ4v) is 9.10. The number of H-pyrrole nitrogens is 1. The summed E-state index contributed by atoms with van der Waals surface area (Å²) < 4.78 is 43.2. The first-order chi connectivity index (χ1) is 24.4. The van der Waals surface area contributed by atoms with E-state index in [0.29, 0.717) is 63.0 Å². The topological polar surface area (TPSA) is 124 Å². The fourth-order valence-electron chi connectivity index (χ4n) is 8.59. The Hall–Kier alpha value is -3.69. The Morgan fingerprint density at radius 3 is 2.25 bits per heavy atom. The van der Waals surface area contributed by atoms with Gasteiger partial charge < -0.3 is 20.4 Å². The Morgan fingerprint density at radius 1 is 0.961 bits per heavy atom. The summed E-state index contributed by atoms with van der Waals surface area (Å²) in [6.45, 7) is 3.95. The largest absolute Gasteiger partial charge is 0.418 e. The molecule has 51 heavy (non-hydrogen) atoms. The fraction of sp³-hybridized carbons (Fsp3) is 0.556. The molecule has 2 unspecified atom stereocenters. The van der Waals surface area contributed by atoms with Gasteiger partial charge in [-0.15, -0.1) is 5.10 Å². The van der Waals surface area contributed by atoms with Crippen LogP contribution in [0.5, 0.6) is 0 Å². The summed E-state index contributed by atoms with van der Waals surface area (Å²) >= 11 is 3.17. The number of fused-ring (bicyclic) bond motifs is 2. The van der Waals surface area contributed by atoms with Gasteiger partial charge in [-0.2, -0.15) is 13.2 Å². The van der Waals surface area contributed by atoms with Crippen LogP contribution in [0.25, 0.3) is 11.4 Å². The van der Waals surface area contributed by atoms with Crippen LogP contribution in [-0.2, 0) is 22.2 Å². The van der Waals surface area contributed by atoms with E-state index in [1.54, 1.807) is 9.80 Å². The minimum atomic E-state index is -4.67. The van der Waals surface area contributed by atoms with Crippen LogP contribution >= 0.6 is 15.9 Å². The van der Waals surface area contributed by atoms with Gasteiger partial charge in [-0.05, 0) is 79.2 Å². The van der Waals surface area contributed by atoms with Gasteiger partial charge in [0.2, 0.25) is 11.8 Å². The summed E-state index contributed by atoms with van der Waals surface area (Å²) in [5, 5.41) is 4.52. The van der Waals surface area contributed by atoms with Gasteiger partial charge in [0.05, 0.1) is 23.2 Å². The number of nitrogens with two attached hydrogens (primary N) is 1. The first-order valence-electron chi connectivity index (χ1n) is 17.8. The van der Waals surface area contributed by atoms with Crippen LogP contribution in [0.3, 0.4) is 0 Å². The number of aromatic nitrogens is 3. The first-order valence-corrected chi connectivity index (χ1v) is 18.6. The number of halogens is 4. The molecule has 11 nitrogen and oxygen atoms in total. The number of nitrogen functional groups attached to an aromatic ring is 1. The second-order valence-electron chi connectivity index (χ2n) is 14.6. The molecular formula is C36H44BrF3N8O3. The smallest absolute Gasteiger partial charge is 0.397 e. The van der Waals surface area contributed by atoms with E-state index in [4.69, 9.17) is 5.73 Å². The highest BCUT2D eigenvalue weighted by molar-refractivity contribution is 9.10. The van der Waals surface area contributed by atoms with E-state index in [-0.39, 0.29) is 46.4 Å². The van der Waals surface area contributed by atoms with Crippen molar-refractivity contribution in [3.05, 3.63) is 68.5 Å². The lowest BCUT2D eigenvalue weighted by atomic mass is 9.91. The molecule has 274 valence electrons. The number of anilines is 1. The van der Waals surface area contributed by atoms with Crippen molar-refractivity contribution in [2.45, 2.75) is 75.3 Å². The summed E-state index contributed by atoms with van der Waals surface area (Å²) in [6.07, 6.45) is -0.983. The van der Waals surface area contributed by atoms with Crippen LogP contribution in [0.4, 0.5) is 18.9 Å². The number of rotatable bonds is 8. The maximum atomic E-state index is 14.2. The van der Waals surface area contributed by atoms with Crippen LogP contribution in [0, 0.1) is 5.92 Å². The molecule has 3 atom stereocenters. The van der Waals surface area contributed by atoms with Gasteiger partial charge in [0.25, 0.3) is 0 Å². The maximum Gasteiger partial charge on any atom is 0.418 e. The molecule has 5 heterocycles. The highest BCUT2D eigenvalue weighted by Crippen LogP contribution is 2.39. The average Bonchev–Trinajstić information content (AvgIpc) is 3.83. The Labute approximate surface area is 303 Å². The van der Waals surface area contributed by atoms with Crippen molar-refractivity contribution >= 4 is 33.4 Å². The third-order valence-electron chi connectivity index (χ3n) is 11.4. The maximum absolute atomic E-state index is 14.2. The van der Waals surface area contributed by atoms with Crippen LogP contribution in [0.2, 0.25) is 0 Å². The number of hydrogen-bond acceptors (Lipinski definition) is 7. The minimum absolute atomic E-state index is 0.0317. The minimum Gasteiger partial charge on any atom is -0.397 e. The number of amides is 2. The molecule has 2 amide bonds. The molecule has 7 rings (SSSR count). The molecule has 3 aromatic rings. The number of carbonyl (C=O) groups excluding carboxylic acids is 2. The zero-order valence-electron chi connectivity index (χ0n) is 28.6. The lowest BCUT2D eigenvalue weighted by molar-refractivity contribution is -0.143. The molecule has 4 aliphatic rings. The molecule has 4 aliphatic heterocycles. The highest BCUT2D eigenvalue weighted by atomic mass is 79.9. The van der Waals surface area contributed by atoms with Crippen molar-refractivity contribution in [1.82, 2.24) is 34.4 Å². The Kier molecular flexibility index (Phi) is 10.1. The standard InChI is InChI=1S/C36H44BrF3N8O3/c1-44-20-28-19-27(44)21-47(28)25-7-13-46(14-8-25)34(50)24(15-22-16-29(36(38,39)40)32(41)30(37)17-22)18-31(49)45-11-9-26(10-12-45)48-35(51)42-33(43-48)23-5-3-2-4-6-23/h2-6,16-17,24-28H,7-15,18-21,41H2,1H3,(H,42,43,51)/t24-,27?,28?/m0/s1. The predicted octanol–water partition coefficient (Wildman–Crippen LogP) is 4.39. The van der Waals surface area contributed by atoms with Crippen LogP contribution < -0.4 is 11.4 Å². The van der Waals surface area contributed by atoms with E-state index >= 15 is 0 Å². The number of aromatic amines is 1. The third-order valence-corrected chi connectivity index (χ3v) is 12.1. The number of likely N-dealkylation sites (N-methyl/N-ethyl adjacent to an activating group) is 1. The number of carbonyl (C=O) groups is 2. The van der Waals surface area contributed by atoms with Gasteiger partial charge >= 0.3 is 11.9 Å². The van der Waals surface area contributed by atoms with Crippen molar-refractivity contribution in [3.8, 4) is 11.4 Å². The molecule has 0 radical (unpaired) electrons. The van der Waals surface area contributed by atoms with E-state index in [0.717, 1.165) is 37.6 Å². The third kappa shape index (κ3) is 7.47. The van der Waals surface area contributed by atoms with Crippen LogP contribution in [-0.4, -0.2) is 111 Å². The number of piperidine rings is 2. The van der Waals surface area contributed by atoms with Gasteiger partial charge in [0.15, 0.2) is 5.82 Å². The highest BCUT2D eigenvalue weighted by Gasteiger charge is 2.45. The van der Waals surface area contributed by atoms with Crippen molar-refractivity contribution in [2.24, 2.45) is 5.92 Å². The lowest BCUT2D eigenvalue weighted by Gasteiger charge is -2.42. The normalized spacial score (nSPS) is 22.9. The zero-order valence-corrected chi connectivity index (χ0v) is 30.2. The summed E-state index contributed by atoms with van der Waals surface area (Å²) in [5.74, 6) is -0.809. The van der Waals surface area contributed by atoms with Crippen molar-refractivity contribution in [2.75, 3.05) is 52.0 Å². The number of nitrogens with zero attached hydrogens (tertiary/aromatic N) is 6. The predicted molar refractivity (Wildman–Crippen MR) is 190 cm³/mol. The van der Waals surface area contributed by atoms with E-state index < -0.39 is 23.3 Å². The number of benzene rings is 2. The average molecular weight is 774 g/mol. The number of hydrogen-bond donors (Lipinski definition) is 2. The molecular weight excluding hydrogens is 729 g/mol. The van der Waals surface area contributed by atoms with Crippen LogP contribution in [0.15, 0.2) is 51.7 Å². The number of alkyl halides is 3. The van der Waals surface area contributed by atoms with E-state index in [1.807, 2.05) is 30.3 Å². The Bertz CT molecular complexity index is 1800. The molecule has 2 bridgehead atoms. The first kappa shape index (κ1) is 35.7. The van der Waals surface area contributed by atoms with E-state index in [2.05, 4.69) is 42.9 Å². The van der Waals surface area contributed by atoms with Crippen molar-refractivity contribution in [1.29, 1.82) is 0 Å². The Balaban J connectivity index is 1.03. The van der Waals surface area contributed by atoms with Gasteiger partial charge in [-0.1, -0.05) is 30.3 Å². The zero-order chi connectivity index (χ0) is 36.0. The van der Waals surface area contributed by atoms with E-state index in [1.165, 1.54) is 17.2 Å². The summed E-state index contributed by atoms with van der Waals surface area (Å²) in [4.78, 5) is 52.1. The molecule has 2 aromatic carbocycles. The van der Waals surface area contributed by atoms with Crippen molar-refractivity contribution < 1.29 is 22.8 Å². The summed E-state index contributed by atoms with van der Waals surface area (Å²) in [6, 6.07) is 13.2. The molecule has 4 saturated heterocycles. The van der Waals surface area contributed by atoms with Crippen molar-refractivity contribution in [3.63, 3.8) is 0 Å². The summed E-state index contributed by atoms with van der Waals surface area (Å²) in [7, 11) is 2.17. The monoisotopic (exact) mass is 772 g/mol. The molecule has 3 N–H and O–H groups in total. The number of piperazine rings is 1. The second-order valence-corrected chi connectivity index (χ2v) is 15.4. The van der Waals surface area contributed by atoms with E-state index in [9.17, 15) is 27.6 Å². The summed E-state index contributed by atoms with van der Waals surface area (Å²) in [5.41, 5.74) is 5.16. The van der Waals surface area contributed by atoms with Gasteiger partial charge in [-0.3, -0.25) is 19.5 Å². The van der Waals surface area contributed by atoms with Gasteiger partial charge in [0.1, 0.15) is 0 Å². The molecule has 1 aromatic heterocycles. The number of nitrogens with one attached hydrogen (secondary N) is 1. The van der Waals surface area contributed by atoms with Gasteiger partial charge in [0, 0.05) is 73.9 Å². The molecule has 15 heteroatoms. The lowest BCUT2D eigenvalue weighted by Crippen LogP contribution is -2.54. The second kappa shape index (κ2) is 14.4. The molecule has 0 aliphatic carbocycles. The van der Waals surface area contributed by atoms with Crippen LogP contribution in [0.1, 0.15) is 55.7 Å².